The molecule has 10 heteroatoms. The van der Waals surface area contributed by atoms with E-state index in [4.69, 9.17) is 4.74 Å². The predicted octanol–water partition coefficient (Wildman–Crippen LogP) is 0.668. The van der Waals surface area contributed by atoms with Gasteiger partial charge in [0.15, 0.2) is 5.65 Å². The summed E-state index contributed by atoms with van der Waals surface area (Å²) < 4.78 is 6.78. The van der Waals surface area contributed by atoms with Crippen LogP contribution in [-0.2, 0) is 14.3 Å². The van der Waals surface area contributed by atoms with Gasteiger partial charge in [0.2, 0.25) is 17.8 Å². The number of morpholine rings is 1. The Bertz CT molecular complexity index is 1030. The number of benzene rings is 1. The highest BCUT2D eigenvalue weighted by atomic mass is 16.5. The molecule has 146 valence electrons. The monoisotopic (exact) mass is 383 g/mol. The maximum atomic E-state index is 12.2. The lowest BCUT2D eigenvalue weighted by Crippen LogP contribution is -2.41. The number of aryl methyl sites for hydroxylation is 1. The van der Waals surface area contributed by atoms with Gasteiger partial charge in [-0.1, -0.05) is 12.1 Å². The number of anilines is 1. The number of fused-ring (bicyclic) bond motifs is 3. The minimum atomic E-state index is -0.304. The number of aromatic nitrogens is 4. The zero-order valence-electron chi connectivity index (χ0n) is 15.5. The van der Waals surface area contributed by atoms with Crippen LogP contribution in [0.5, 0.6) is 0 Å². The minimum Gasteiger partial charge on any atom is -0.378 e. The maximum absolute atomic E-state index is 12.2. The van der Waals surface area contributed by atoms with Crippen molar-refractivity contribution >= 4 is 34.3 Å². The van der Waals surface area contributed by atoms with Crippen LogP contribution in [0.3, 0.4) is 0 Å². The van der Waals surface area contributed by atoms with E-state index in [2.05, 4.69) is 25.9 Å². The molecule has 2 aromatic heterocycles. The topological polar surface area (TPSA) is 114 Å². The minimum absolute atomic E-state index is 0.0448. The summed E-state index contributed by atoms with van der Waals surface area (Å²) in [5.41, 5.74) is 6.78. The number of rotatable bonds is 5. The third-order valence-electron chi connectivity index (χ3n) is 4.53. The molecule has 3 heterocycles. The average molecular weight is 383 g/mol. The molecule has 10 nitrogen and oxygen atoms in total. The maximum Gasteiger partial charge on any atom is 0.245 e. The molecule has 2 amide bonds. The lowest BCUT2D eigenvalue weighted by molar-refractivity contribution is -0.137. The molecule has 1 saturated heterocycles. The van der Waals surface area contributed by atoms with Crippen LogP contribution in [0, 0.1) is 6.92 Å². The fourth-order valence-electron chi connectivity index (χ4n) is 3.12. The van der Waals surface area contributed by atoms with Crippen molar-refractivity contribution in [3.8, 4) is 0 Å². The molecule has 0 aliphatic carbocycles. The first-order chi connectivity index (χ1) is 13.6. The van der Waals surface area contributed by atoms with E-state index in [1.807, 2.05) is 24.3 Å². The molecular formula is C18H21N7O3. The molecule has 28 heavy (non-hydrogen) atoms. The van der Waals surface area contributed by atoms with Crippen LogP contribution in [0.15, 0.2) is 24.3 Å². The zero-order chi connectivity index (χ0) is 19.5. The third-order valence-corrected chi connectivity index (χ3v) is 4.53. The second-order valence-electron chi connectivity index (χ2n) is 6.51. The second-order valence-corrected chi connectivity index (χ2v) is 6.51. The molecule has 2 N–H and O–H groups in total. The summed E-state index contributed by atoms with van der Waals surface area (Å²) in [6.45, 7) is 4.02. The molecule has 1 aliphatic heterocycles. The molecule has 0 spiro atoms. The van der Waals surface area contributed by atoms with Crippen molar-refractivity contribution in [1.82, 2.24) is 29.9 Å². The van der Waals surface area contributed by atoms with Crippen molar-refractivity contribution in [3.05, 3.63) is 30.1 Å². The summed E-state index contributed by atoms with van der Waals surface area (Å²) in [7, 11) is 0. The largest absolute Gasteiger partial charge is 0.378 e. The summed E-state index contributed by atoms with van der Waals surface area (Å²) >= 11 is 0. The Labute approximate surface area is 160 Å². The van der Waals surface area contributed by atoms with Crippen LogP contribution in [0.25, 0.3) is 16.6 Å². The highest BCUT2D eigenvalue weighted by molar-refractivity contribution is 5.92. The third kappa shape index (κ3) is 3.72. The van der Waals surface area contributed by atoms with E-state index < -0.39 is 0 Å². The molecular weight excluding hydrogens is 362 g/mol. The molecule has 1 fully saturated rings. The molecule has 0 saturated carbocycles. The predicted molar refractivity (Wildman–Crippen MR) is 101 cm³/mol. The Hall–Kier alpha value is -3.27. The Kier molecular flexibility index (Phi) is 5.02. The van der Waals surface area contributed by atoms with Gasteiger partial charge in [0.1, 0.15) is 5.82 Å². The van der Waals surface area contributed by atoms with E-state index in [1.54, 1.807) is 16.3 Å². The summed E-state index contributed by atoms with van der Waals surface area (Å²) in [5.74, 6) is 0.601. The van der Waals surface area contributed by atoms with E-state index >= 15 is 0 Å². The van der Waals surface area contributed by atoms with Gasteiger partial charge >= 0.3 is 0 Å². The number of hydrogen-bond acceptors (Lipinski definition) is 7. The summed E-state index contributed by atoms with van der Waals surface area (Å²) in [5, 5.41) is 5.20. The number of hydrogen-bond donors (Lipinski definition) is 2. The SMILES string of the molecule is Cc1nc2c3ccccc3nc(NNC(=O)CCC(=O)N3CCOCC3)n2n1. The Morgan fingerprint density at radius 2 is 1.93 bits per heavy atom. The van der Waals surface area contributed by atoms with Crippen LogP contribution in [0.4, 0.5) is 5.95 Å². The molecule has 0 unspecified atom stereocenters. The standard InChI is InChI=1S/C18H21N7O3/c1-12-19-17-13-4-2-3-5-14(13)20-18(25(17)23-12)22-21-15(26)6-7-16(27)24-8-10-28-11-9-24/h2-5H,6-11H2,1H3,(H,20,22)(H,21,26). The van der Waals surface area contributed by atoms with Gasteiger partial charge < -0.3 is 9.64 Å². The summed E-state index contributed by atoms with van der Waals surface area (Å²) in [6.07, 6.45) is 0.229. The summed E-state index contributed by atoms with van der Waals surface area (Å²) in [4.78, 5) is 35.0. The lowest BCUT2D eigenvalue weighted by atomic mass is 10.2. The Morgan fingerprint density at radius 1 is 1.14 bits per heavy atom. The van der Waals surface area contributed by atoms with Crippen LogP contribution in [-0.4, -0.2) is 62.6 Å². The van der Waals surface area contributed by atoms with Gasteiger partial charge in [0.05, 0.1) is 18.7 Å². The number of carbonyl (C=O) groups excluding carboxylic acids is 2. The first-order valence-corrected chi connectivity index (χ1v) is 9.14. The number of hydrazine groups is 1. The quantitative estimate of drug-likeness (QED) is 0.623. The van der Waals surface area contributed by atoms with Crippen molar-refractivity contribution in [2.45, 2.75) is 19.8 Å². The van der Waals surface area contributed by atoms with Crippen LogP contribution >= 0.6 is 0 Å². The Balaban J connectivity index is 1.41. The van der Waals surface area contributed by atoms with E-state index in [0.717, 1.165) is 10.9 Å². The number of para-hydroxylation sites is 1. The van der Waals surface area contributed by atoms with E-state index in [-0.39, 0.29) is 24.7 Å². The van der Waals surface area contributed by atoms with Gasteiger partial charge in [-0.25, -0.2) is 9.97 Å². The zero-order valence-corrected chi connectivity index (χ0v) is 15.5. The lowest BCUT2D eigenvalue weighted by Gasteiger charge is -2.26. The van der Waals surface area contributed by atoms with Crippen molar-refractivity contribution in [1.29, 1.82) is 0 Å². The highest BCUT2D eigenvalue weighted by Gasteiger charge is 2.18. The van der Waals surface area contributed by atoms with Crippen molar-refractivity contribution in [2.75, 3.05) is 31.7 Å². The number of carbonyl (C=O) groups is 2. The number of amides is 2. The van der Waals surface area contributed by atoms with Gasteiger partial charge in [-0.3, -0.25) is 20.4 Å². The van der Waals surface area contributed by atoms with Crippen molar-refractivity contribution < 1.29 is 14.3 Å². The smallest absolute Gasteiger partial charge is 0.245 e. The first-order valence-electron chi connectivity index (χ1n) is 9.14. The van der Waals surface area contributed by atoms with E-state index in [1.165, 1.54) is 0 Å². The van der Waals surface area contributed by atoms with Gasteiger partial charge in [0, 0.05) is 31.3 Å². The van der Waals surface area contributed by atoms with Crippen molar-refractivity contribution in [2.24, 2.45) is 0 Å². The normalized spacial score (nSPS) is 14.4. The molecule has 1 aliphatic rings. The van der Waals surface area contributed by atoms with Crippen LogP contribution < -0.4 is 10.9 Å². The van der Waals surface area contributed by atoms with Gasteiger partial charge in [0.25, 0.3) is 0 Å². The van der Waals surface area contributed by atoms with E-state index in [0.29, 0.717) is 43.7 Å². The van der Waals surface area contributed by atoms with Crippen LogP contribution in [0.1, 0.15) is 18.7 Å². The molecule has 3 aromatic rings. The molecule has 4 rings (SSSR count). The number of nitrogens with zero attached hydrogens (tertiary/aromatic N) is 5. The fourth-order valence-corrected chi connectivity index (χ4v) is 3.12. The summed E-state index contributed by atoms with van der Waals surface area (Å²) in [6, 6.07) is 7.59. The van der Waals surface area contributed by atoms with Crippen LogP contribution in [0.2, 0.25) is 0 Å². The Morgan fingerprint density at radius 3 is 2.75 bits per heavy atom. The second kappa shape index (κ2) is 7.77. The number of nitrogens with one attached hydrogen (secondary N) is 2. The molecule has 0 bridgehead atoms. The molecule has 0 radical (unpaired) electrons. The highest BCUT2D eigenvalue weighted by Crippen LogP contribution is 2.20. The molecule has 1 aromatic carbocycles. The van der Waals surface area contributed by atoms with Gasteiger partial charge in [-0.05, 0) is 19.1 Å². The van der Waals surface area contributed by atoms with Gasteiger partial charge in [-0.2, -0.15) is 4.52 Å². The average Bonchev–Trinajstić information content (AvgIpc) is 3.12. The number of ether oxygens (including phenoxy) is 1. The first kappa shape index (κ1) is 18.1. The molecule has 0 atom stereocenters. The fraction of sp³-hybridized carbons (Fsp3) is 0.389. The van der Waals surface area contributed by atoms with Crippen molar-refractivity contribution in [3.63, 3.8) is 0 Å². The van der Waals surface area contributed by atoms with E-state index in [9.17, 15) is 9.59 Å². The van der Waals surface area contributed by atoms with Gasteiger partial charge in [-0.15, -0.1) is 5.10 Å².